The van der Waals surface area contributed by atoms with Gasteiger partial charge in [0.1, 0.15) is 5.60 Å². The van der Waals surface area contributed by atoms with E-state index < -0.39 is 5.60 Å². The number of rotatable bonds is 7. The van der Waals surface area contributed by atoms with E-state index in [0.717, 1.165) is 38.6 Å². The highest BCUT2D eigenvalue weighted by atomic mass is 16.6. The molecule has 1 saturated carbocycles. The highest BCUT2D eigenvalue weighted by Crippen LogP contribution is 2.19. The number of carbonyl (C=O) groups excluding carboxylic acids is 2. The number of carbonyl (C=O) groups is 2. The van der Waals surface area contributed by atoms with Crippen LogP contribution < -0.4 is 16.0 Å². The molecule has 0 aromatic heterocycles. The average molecular weight is 327 g/mol. The van der Waals surface area contributed by atoms with Crippen LogP contribution in [0.2, 0.25) is 0 Å². The molecule has 0 aromatic rings. The topological polar surface area (TPSA) is 79.5 Å². The van der Waals surface area contributed by atoms with Crippen molar-refractivity contribution in [1.29, 1.82) is 0 Å². The van der Waals surface area contributed by atoms with Crippen molar-refractivity contribution in [3.8, 4) is 0 Å². The van der Waals surface area contributed by atoms with E-state index in [1.807, 2.05) is 27.7 Å². The Morgan fingerprint density at radius 2 is 1.83 bits per heavy atom. The Labute approximate surface area is 140 Å². The van der Waals surface area contributed by atoms with E-state index in [9.17, 15) is 9.59 Å². The lowest BCUT2D eigenvalue weighted by atomic mass is 9.91. The summed E-state index contributed by atoms with van der Waals surface area (Å²) in [6.07, 6.45) is 5.13. The summed E-state index contributed by atoms with van der Waals surface area (Å²) in [5.74, 6) is 0.0959. The Hall–Kier alpha value is -1.30. The van der Waals surface area contributed by atoms with Crippen LogP contribution in [-0.2, 0) is 9.53 Å². The predicted octanol–water partition coefficient (Wildman–Crippen LogP) is 2.33. The molecule has 0 bridgehead atoms. The van der Waals surface area contributed by atoms with Gasteiger partial charge in [0.2, 0.25) is 5.91 Å². The summed E-state index contributed by atoms with van der Waals surface area (Å²) >= 11 is 0. The minimum Gasteiger partial charge on any atom is -0.444 e. The maximum Gasteiger partial charge on any atom is 0.407 e. The molecule has 0 aromatic carbocycles. The monoisotopic (exact) mass is 327 g/mol. The van der Waals surface area contributed by atoms with E-state index in [2.05, 4.69) is 16.0 Å². The van der Waals surface area contributed by atoms with E-state index in [1.54, 1.807) is 0 Å². The Balaban J connectivity index is 2.24. The van der Waals surface area contributed by atoms with Crippen LogP contribution in [-0.4, -0.2) is 42.8 Å². The maximum absolute atomic E-state index is 11.8. The molecule has 1 aliphatic carbocycles. The van der Waals surface area contributed by atoms with Crippen molar-refractivity contribution in [3.63, 3.8) is 0 Å². The van der Waals surface area contributed by atoms with E-state index in [0.29, 0.717) is 19.0 Å². The zero-order chi connectivity index (χ0) is 17.3. The summed E-state index contributed by atoms with van der Waals surface area (Å²) in [7, 11) is 0. The lowest BCUT2D eigenvalue weighted by Crippen LogP contribution is -2.46. The van der Waals surface area contributed by atoms with Crippen LogP contribution in [0.15, 0.2) is 0 Å². The second-order valence-electron chi connectivity index (χ2n) is 7.26. The van der Waals surface area contributed by atoms with Crippen molar-refractivity contribution < 1.29 is 14.3 Å². The van der Waals surface area contributed by atoms with Crippen molar-refractivity contribution in [1.82, 2.24) is 16.0 Å². The summed E-state index contributed by atoms with van der Waals surface area (Å²) in [4.78, 5) is 23.4. The highest BCUT2D eigenvalue weighted by molar-refractivity contribution is 5.76. The highest BCUT2D eigenvalue weighted by Gasteiger charge is 2.25. The van der Waals surface area contributed by atoms with Crippen molar-refractivity contribution in [3.05, 3.63) is 0 Å². The van der Waals surface area contributed by atoms with Crippen LogP contribution in [0.5, 0.6) is 0 Å². The summed E-state index contributed by atoms with van der Waals surface area (Å²) in [6, 6.07) is 0.493. The first kappa shape index (κ1) is 19.7. The standard InChI is InChI=1S/C17H33N3O3/c1-5-10-19-15(21)9-11-18-13-7-6-8-14(12-13)20-16(22)23-17(2,3)4/h13-14,18H,5-12H2,1-4H3,(H,19,21)(H,20,22). The smallest absolute Gasteiger partial charge is 0.407 e. The van der Waals surface area contributed by atoms with Crippen LogP contribution in [0.4, 0.5) is 4.79 Å². The zero-order valence-corrected chi connectivity index (χ0v) is 15.0. The van der Waals surface area contributed by atoms with Crippen LogP contribution >= 0.6 is 0 Å². The first-order valence-corrected chi connectivity index (χ1v) is 8.79. The van der Waals surface area contributed by atoms with Gasteiger partial charge in [0, 0.05) is 31.6 Å². The first-order chi connectivity index (χ1) is 10.8. The van der Waals surface area contributed by atoms with Gasteiger partial charge in [0.05, 0.1) is 0 Å². The van der Waals surface area contributed by atoms with Crippen LogP contribution in [0.1, 0.15) is 66.2 Å². The Morgan fingerprint density at radius 3 is 2.48 bits per heavy atom. The molecular weight excluding hydrogens is 294 g/mol. The van der Waals surface area contributed by atoms with Gasteiger partial charge in [-0.3, -0.25) is 4.79 Å². The van der Waals surface area contributed by atoms with Gasteiger partial charge in [-0.2, -0.15) is 0 Å². The molecule has 0 radical (unpaired) electrons. The molecule has 0 aliphatic heterocycles. The van der Waals surface area contributed by atoms with Gasteiger partial charge in [-0.15, -0.1) is 0 Å². The number of hydrogen-bond acceptors (Lipinski definition) is 4. The molecule has 2 atom stereocenters. The lowest BCUT2D eigenvalue weighted by Gasteiger charge is -2.31. The van der Waals surface area contributed by atoms with Gasteiger partial charge < -0.3 is 20.7 Å². The molecule has 6 heteroatoms. The molecule has 1 rings (SSSR count). The van der Waals surface area contributed by atoms with Gasteiger partial charge in [0.15, 0.2) is 0 Å². The van der Waals surface area contributed by atoms with Crippen LogP contribution in [0, 0.1) is 0 Å². The first-order valence-electron chi connectivity index (χ1n) is 8.79. The molecule has 134 valence electrons. The minimum absolute atomic E-state index is 0.0959. The van der Waals surface area contributed by atoms with Crippen molar-refractivity contribution in [2.24, 2.45) is 0 Å². The average Bonchev–Trinajstić information content (AvgIpc) is 2.43. The Kier molecular flexibility index (Phi) is 8.37. The number of amides is 2. The minimum atomic E-state index is -0.470. The fourth-order valence-corrected chi connectivity index (χ4v) is 2.72. The fraction of sp³-hybridized carbons (Fsp3) is 0.882. The SMILES string of the molecule is CCCNC(=O)CCNC1CCCC(NC(=O)OC(C)(C)C)C1. The Morgan fingerprint density at radius 1 is 1.13 bits per heavy atom. The predicted molar refractivity (Wildman–Crippen MR) is 91.3 cm³/mol. The fourth-order valence-electron chi connectivity index (χ4n) is 2.72. The van der Waals surface area contributed by atoms with Gasteiger partial charge in [0.25, 0.3) is 0 Å². The number of hydrogen-bond donors (Lipinski definition) is 3. The lowest BCUT2D eigenvalue weighted by molar-refractivity contribution is -0.121. The Bertz CT molecular complexity index is 380. The van der Waals surface area contributed by atoms with E-state index in [1.165, 1.54) is 0 Å². The molecule has 0 saturated heterocycles. The summed E-state index contributed by atoms with van der Waals surface area (Å²) in [5.41, 5.74) is -0.470. The molecular formula is C17H33N3O3. The third-order valence-electron chi connectivity index (χ3n) is 3.75. The molecule has 23 heavy (non-hydrogen) atoms. The molecule has 1 aliphatic rings. The number of alkyl carbamates (subject to hydrolysis) is 1. The number of nitrogens with one attached hydrogen (secondary N) is 3. The molecule has 2 unspecified atom stereocenters. The molecule has 6 nitrogen and oxygen atoms in total. The summed E-state index contributed by atoms with van der Waals surface area (Å²) < 4.78 is 5.30. The molecule has 0 heterocycles. The normalized spacial score (nSPS) is 21.6. The van der Waals surface area contributed by atoms with E-state index >= 15 is 0 Å². The third-order valence-corrected chi connectivity index (χ3v) is 3.75. The molecule has 2 amide bonds. The van der Waals surface area contributed by atoms with Crippen LogP contribution in [0.25, 0.3) is 0 Å². The largest absolute Gasteiger partial charge is 0.444 e. The van der Waals surface area contributed by atoms with E-state index in [4.69, 9.17) is 4.74 Å². The molecule has 1 fully saturated rings. The van der Waals surface area contributed by atoms with Gasteiger partial charge in [-0.1, -0.05) is 6.92 Å². The van der Waals surface area contributed by atoms with Crippen molar-refractivity contribution in [2.75, 3.05) is 13.1 Å². The zero-order valence-electron chi connectivity index (χ0n) is 15.0. The summed E-state index contributed by atoms with van der Waals surface area (Å²) in [6.45, 7) is 9.05. The van der Waals surface area contributed by atoms with Gasteiger partial charge >= 0.3 is 6.09 Å². The van der Waals surface area contributed by atoms with Gasteiger partial charge in [-0.05, 0) is 52.9 Å². The quantitative estimate of drug-likeness (QED) is 0.670. The summed E-state index contributed by atoms with van der Waals surface area (Å²) in [5, 5.41) is 9.25. The second-order valence-corrected chi connectivity index (χ2v) is 7.26. The van der Waals surface area contributed by atoms with Crippen molar-refractivity contribution >= 4 is 12.0 Å². The third kappa shape index (κ3) is 9.43. The molecule has 0 spiro atoms. The molecule has 3 N–H and O–H groups in total. The second kappa shape index (κ2) is 9.75. The number of ether oxygens (including phenoxy) is 1. The van der Waals surface area contributed by atoms with E-state index in [-0.39, 0.29) is 18.0 Å². The van der Waals surface area contributed by atoms with Crippen LogP contribution in [0.3, 0.4) is 0 Å². The maximum atomic E-state index is 11.8. The van der Waals surface area contributed by atoms with Crippen molar-refractivity contribution in [2.45, 2.75) is 83.9 Å². The van der Waals surface area contributed by atoms with Gasteiger partial charge in [-0.25, -0.2) is 4.79 Å².